The van der Waals surface area contributed by atoms with Gasteiger partial charge in [-0.25, -0.2) is 0 Å². The molecule has 2 nitrogen and oxygen atoms in total. The molecule has 0 aliphatic rings. The molecule has 0 radical (unpaired) electrons. The van der Waals surface area contributed by atoms with Crippen LogP contribution in [0.1, 0.15) is 27.7 Å². The summed E-state index contributed by atoms with van der Waals surface area (Å²) in [6, 6.07) is 0. The highest BCUT2D eigenvalue weighted by molar-refractivity contribution is 5.74. The molecule has 0 fully saturated rings. The summed E-state index contributed by atoms with van der Waals surface area (Å²) in [6.45, 7) is 7.28. The van der Waals surface area contributed by atoms with Crippen molar-refractivity contribution in [1.82, 2.24) is 0 Å². The lowest BCUT2D eigenvalue weighted by atomic mass is 9.80. The van der Waals surface area contributed by atoms with Crippen molar-refractivity contribution in [3.8, 4) is 0 Å². The van der Waals surface area contributed by atoms with Crippen molar-refractivity contribution in [3.05, 3.63) is 12.2 Å². The number of hydrogen-bond acceptors (Lipinski definition) is 1. The molecule has 0 aromatic rings. The Morgan fingerprint density at radius 1 is 1.55 bits per heavy atom. The van der Waals surface area contributed by atoms with Gasteiger partial charge in [-0.2, -0.15) is 0 Å². The molecule has 0 aliphatic heterocycles. The first-order valence-corrected chi connectivity index (χ1v) is 3.79. The van der Waals surface area contributed by atoms with E-state index in [9.17, 15) is 4.79 Å². The maximum Gasteiger partial charge on any atom is 0.309 e. The van der Waals surface area contributed by atoms with Gasteiger partial charge in [-0.1, -0.05) is 19.1 Å². The summed E-state index contributed by atoms with van der Waals surface area (Å²) in [7, 11) is 0. The third-order valence-electron chi connectivity index (χ3n) is 2.17. The van der Waals surface area contributed by atoms with E-state index in [-0.39, 0.29) is 5.92 Å². The highest BCUT2D eigenvalue weighted by Gasteiger charge is 2.31. The molecular weight excluding hydrogens is 140 g/mol. The van der Waals surface area contributed by atoms with E-state index < -0.39 is 11.4 Å². The monoisotopic (exact) mass is 156 g/mol. The van der Waals surface area contributed by atoms with Crippen molar-refractivity contribution in [3.63, 3.8) is 0 Å². The lowest BCUT2D eigenvalue weighted by Gasteiger charge is -2.24. The minimum atomic E-state index is -0.747. The summed E-state index contributed by atoms with van der Waals surface area (Å²) >= 11 is 0. The molecule has 1 N–H and O–H groups in total. The number of carbonyl (C=O) groups is 1. The van der Waals surface area contributed by atoms with Gasteiger partial charge in [0, 0.05) is 0 Å². The molecule has 0 bridgehead atoms. The summed E-state index contributed by atoms with van der Waals surface area (Å²) in [5, 5.41) is 8.80. The van der Waals surface area contributed by atoms with Crippen LogP contribution in [-0.4, -0.2) is 11.1 Å². The summed E-state index contributed by atoms with van der Waals surface area (Å²) in [6.07, 6.45) is 3.80. The van der Waals surface area contributed by atoms with E-state index in [1.807, 2.05) is 26.0 Å². The van der Waals surface area contributed by atoms with Gasteiger partial charge in [-0.15, -0.1) is 0 Å². The second-order valence-electron chi connectivity index (χ2n) is 3.34. The number of carboxylic acid groups (broad SMARTS) is 1. The van der Waals surface area contributed by atoms with E-state index in [1.165, 1.54) is 0 Å². The van der Waals surface area contributed by atoms with Gasteiger partial charge in [0.2, 0.25) is 0 Å². The van der Waals surface area contributed by atoms with Crippen LogP contribution >= 0.6 is 0 Å². The van der Waals surface area contributed by atoms with Gasteiger partial charge in [-0.05, 0) is 26.7 Å². The van der Waals surface area contributed by atoms with E-state index in [2.05, 4.69) is 0 Å². The predicted molar refractivity (Wildman–Crippen MR) is 45.4 cm³/mol. The Morgan fingerprint density at radius 3 is 2.27 bits per heavy atom. The highest BCUT2D eigenvalue weighted by Crippen LogP contribution is 2.27. The molecule has 0 aliphatic carbocycles. The number of aliphatic carboxylic acids is 1. The van der Waals surface area contributed by atoms with Gasteiger partial charge in [0.1, 0.15) is 0 Å². The summed E-state index contributed by atoms with van der Waals surface area (Å²) in [4.78, 5) is 10.7. The first-order chi connectivity index (χ1) is 4.92. The smallest absolute Gasteiger partial charge is 0.309 e. The summed E-state index contributed by atoms with van der Waals surface area (Å²) in [5.41, 5.74) is -0.660. The molecule has 1 atom stereocenters. The van der Waals surface area contributed by atoms with Crippen molar-refractivity contribution in [2.75, 3.05) is 0 Å². The quantitative estimate of drug-likeness (QED) is 0.636. The molecule has 0 unspecified atom stereocenters. The molecule has 0 aromatic heterocycles. The number of allylic oxidation sites excluding steroid dienone is 2. The molecule has 0 rings (SSSR count). The molecule has 0 saturated carbocycles. The summed E-state index contributed by atoms with van der Waals surface area (Å²) < 4.78 is 0. The van der Waals surface area contributed by atoms with Crippen LogP contribution in [0.25, 0.3) is 0 Å². The minimum absolute atomic E-state index is 0.0741. The van der Waals surface area contributed by atoms with Crippen LogP contribution in [0, 0.1) is 11.3 Å². The Kier molecular flexibility index (Phi) is 3.30. The number of hydrogen-bond donors (Lipinski definition) is 1. The Morgan fingerprint density at radius 2 is 2.00 bits per heavy atom. The maximum absolute atomic E-state index is 10.7. The van der Waals surface area contributed by atoms with E-state index in [0.717, 1.165) is 0 Å². The third-order valence-corrected chi connectivity index (χ3v) is 2.17. The molecule has 2 heteroatoms. The lowest BCUT2D eigenvalue weighted by molar-refractivity contribution is -0.148. The molecule has 0 spiro atoms. The first kappa shape index (κ1) is 10.2. The second kappa shape index (κ2) is 3.56. The molecule has 0 aromatic carbocycles. The Balaban J connectivity index is 4.41. The SMILES string of the molecule is CC=C[C@H](C)C(C)(C)C(=O)O. The van der Waals surface area contributed by atoms with Crippen LogP contribution < -0.4 is 0 Å². The number of carboxylic acids is 1. The van der Waals surface area contributed by atoms with Crippen molar-refractivity contribution < 1.29 is 9.90 Å². The van der Waals surface area contributed by atoms with Gasteiger partial charge in [0.25, 0.3) is 0 Å². The topological polar surface area (TPSA) is 37.3 Å². The zero-order valence-electron chi connectivity index (χ0n) is 7.59. The average Bonchev–Trinajstić information content (AvgIpc) is 1.88. The summed E-state index contributed by atoms with van der Waals surface area (Å²) in [5.74, 6) is -0.673. The fraction of sp³-hybridized carbons (Fsp3) is 0.667. The van der Waals surface area contributed by atoms with Crippen LogP contribution in [0.3, 0.4) is 0 Å². The van der Waals surface area contributed by atoms with Gasteiger partial charge in [0.15, 0.2) is 0 Å². The fourth-order valence-corrected chi connectivity index (χ4v) is 0.724. The zero-order chi connectivity index (χ0) is 9.07. The Hall–Kier alpha value is -0.790. The van der Waals surface area contributed by atoms with Crippen molar-refractivity contribution >= 4 is 5.97 Å². The molecule has 0 saturated heterocycles. The van der Waals surface area contributed by atoms with E-state index >= 15 is 0 Å². The average molecular weight is 156 g/mol. The van der Waals surface area contributed by atoms with Gasteiger partial charge in [0.05, 0.1) is 5.41 Å². The molecule has 11 heavy (non-hydrogen) atoms. The van der Waals surface area contributed by atoms with Crippen molar-refractivity contribution in [2.24, 2.45) is 11.3 Å². The van der Waals surface area contributed by atoms with E-state index in [4.69, 9.17) is 5.11 Å². The molecule has 64 valence electrons. The second-order valence-corrected chi connectivity index (χ2v) is 3.34. The Bertz CT molecular complexity index is 168. The van der Waals surface area contributed by atoms with Crippen LogP contribution in [0.15, 0.2) is 12.2 Å². The highest BCUT2D eigenvalue weighted by atomic mass is 16.4. The van der Waals surface area contributed by atoms with Gasteiger partial charge in [-0.3, -0.25) is 4.79 Å². The van der Waals surface area contributed by atoms with Crippen LogP contribution in [0.4, 0.5) is 0 Å². The predicted octanol–water partition coefficient (Wildman–Crippen LogP) is 2.31. The maximum atomic E-state index is 10.7. The third kappa shape index (κ3) is 2.37. The van der Waals surface area contributed by atoms with Crippen LogP contribution in [0.5, 0.6) is 0 Å². The van der Waals surface area contributed by atoms with Crippen molar-refractivity contribution in [2.45, 2.75) is 27.7 Å². The Labute approximate surface area is 67.9 Å². The van der Waals surface area contributed by atoms with E-state index in [1.54, 1.807) is 13.8 Å². The van der Waals surface area contributed by atoms with Crippen LogP contribution in [-0.2, 0) is 4.79 Å². The van der Waals surface area contributed by atoms with Crippen LogP contribution in [0.2, 0.25) is 0 Å². The largest absolute Gasteiger partial charge is 0.481 e. The van der Waals surface area contributed by atoms with Gasteiger partial charge >= 0.3 is 5.97 Å². The minimum Gasteiger partial charge on any atom is -0.481 e. The zero-order valence-corrected chi connectivity index (χ0v) is 7.59. The molecule has 0 amide bonds. The van der Waals surface area contributed by atoms with E-state index in [0.29, 0.717) is 0 Å². The lowest BCUT2D eigenvalue weighted by Crippen LogP contribution is -2.29. The molecule has 0 heterocycles. The normalized spacial score (nSPS) is 15.3. The molecular formula is C9H16O2. The standard InChI is InChI=1S/C9H16O2/c1-5-6-7(2)9(3,4)8(10)11/h5-7H,1-4H3,(H,10,11)/t7-/m0/s1. The number of rotatable bonds is 3. The first-order valence-electron chi connectivity index (χ1n) is 3.79. The fourth-order valence-electron chi connectivity index (χ4n) is 0.724. The van der Waals surface area contributed by atoms with Gasteiger partial charge < -0.3 is 5.11 Å². The van der Waals surface area contributed by atoms with Crippen molar-refractivity contribution in [1.29, 1.82) is 0 Å².